The maximum Gasteiger partial charge on any atom is 0.414 e. The number of nitrogens with one attached hydrogen (secondary N) is 4. The molecule has 4 amide bonds. The van der Waals surface area contributed by atoms with Crippen molar-refractivity contribution in [1.82, 2.24) is 20.4 Å². The van der Waals surface area contributed by atoms with Crippen molar-refractivity contribution in [3.63, 3.8) is 0 Å². The summed E-state index contributed by atoms with van der Waals surface area (Å²) in [6.07, 6.45) is 3.53. The molecule has 0 radical (unpaired) electrons. The largest absolute Gasteiger partial charge is 0.465 e. The van der Waals surface area contributed by atoms with E-state index >= 15 is 0 Å². The van der Waals surface area contributed by atoms with Crippen LogP contribution >= 0.6 is 0 Å². The van der Waals surface area contributed by atoms with Crippen LogP contribution in [0.25, 0.3) is 0 Å². The van der Waals surface area contributed by atoms with Crippen LogP contribution in [0, 0.1) is 10.8 Å². The lowest BCUT2D eigenvalue weighted by molar-refractivity contribution is -0.145. The van der Waals surface area contributed by atoms with Gasteiger partial charge in [-0.2, -0.15) is 8.42 Å². The number of amides is 4. The topological polar surface area (TPSA) is 267 Å². The predicted molar refractivity (Wildman–Crippen MR) is 234 cm³/mol. The number of carbonyl (C=O) groups excluding carboxylic acids is 5. The number of hydrogen-bond donors (Lipinski definition) is 4. The molecule has 346 valence electrons. The lowest BCUT2D eigenvalue weighted by Gasteiger charge is -2.34. The zero-order chi connectivity index (χ0) is 46.5. The summed E-state index contributed by atoms with van der Waals surface area (Å²) >= 11 is 0. The lowest BCUT2D eigenvalue weighted by atomic mass is 10.1. The van der Waals surface area contributed by atoms with E-state index in [1.807, 2.05) is 0 Å². The number of carbonyl (C=O) groups is 5. The molecule has 2 atom stereocenters. The number of piperazine rings is 1. The summed E-state index contributed by atoms with van der Waals surface area (Å²) in [6.45, 7) is 6.86. The Morgan fingerprint density at radius 2 is 1.20 bits per heavy atom. The zero-order valence-electron chi connectivity index (χ0n) is 35.7. The van der Waals surface area contributed by atoms with Crippen LogP contribution in [0.3, 0.4) is 0 Å². The van der Waals surface area contributed by atoms with Crippen molar-refractivity contribution in [3.05, 3.63) is 108 Å². The molecule has 3 aliphatic rings. The summed E-state index contributed by atoms with van der Waals surface area (Å²) in [5.74, 6) is -1.21. The fourth-order valence-corrected chi connectivity index (χ4v) is 7.15. The van der Waals surface area contributed by atoms with Gasteiger partial charge in [-0.1, -0.05) is 13.3 Å². The first-order valence-electron chi connectivity index (χ1n) is 20.6. The molecule has 3 saturated heterocycles. The number of anilines is 2. The Morgan fingerprint density at radius 1 is 0.723 bits per heavy atom. The lowest BCUT2D eigenvalue weighted by Crippen LogP contribution is -2.50. The molecular formula is C43H50N8O13S. The van der Waals surface area contributed by atoms with Gasteiger partial charge in [0, 0.05) is 55.2 Å². The van der Waals surface area contributed by atoms with Crippen molar-refractivity contribution >= 4 is 63.1 Å². The van der Waals surface area contributed by atoms with Crippen LogP contribution in [0.5, 0.6) is 0 Å². The summed E-state index contributed by atoms with van der Waals surface area (Å²) in [5.41, 5.74) is 2.08. The molecule has 2 aromatic heterocycles. The van der Waals surface area contributed by atoms with Crippen LogP contribution in [-0.4, -0.2) is 144 Å². The number of esters is 1. The Kier molecular flexibility index (Phi) is 16.2. The number of rotatable bonds is 16. The zero-order valence-corrected chi connectivity index (χ0v) is 36.5. The molecule has 0 saturated carbocycles. The number of ether oxygens (including phenoxy) is 3. The Hall–Kier alpha value is -6.88. The second-order valence-electron chi connectivity index (χ2n) is 15.1. The smallest absolute Gasteiger partial charge is 0.414 e. The van der Waals surface area contributed by atoms with E-state index in [4.69, 9.17) is 33.9 Å². The highest BCUT2D eigenvalue weighted by Gasteiger charge is 2.35. The van der Waals surface area contributed by atoms with E-state index in [1.165, 1.54) is 29.6 Å². The summed E-state index contributed by atoms with van der Waals surface area (Å²) in [7, 11) is -3.63. The molecule has 2 aromatic carbocycles. The maximum atomic E-state index is 12.5. The summed E-state index contributed by atoms with van der Waals surface area (Å²) in [6, 6.07) is 19.3. The van der Waals surface area contributed by atoms with Gasteiger partial charge in [-0.05, 0) is 79.2 Å². The molecule has 5 heterocycles. The Balaban J connectivity index is 0.000000224. The summed E-state index contributed by atoms with van der Waals surface area (Å²) in [4.78, 5) is 67.7. The fourth-order valence-electron chi connectivity index (χ4n) is 6.75. The Bertz CT molecular complexity index is 2400. The molecule has 4 aromatic rings. The number of cyclic esters (lactones) is 2. The Morgan fingerprint density at radius 3 is 1.66 bits per heavy atom. The van der Waals surface area contributed by atoms with E-state index in [9.17, 15) is 32.4 Å². The van der Waals surface area contributed by atoms with Gasteiger partial charge in [-0.25, -0.2) is 9.59 Å². The number of hydrogen-bond acceptors (Lipinski definition) is 17. The van der Waals surface area contributed by atoms with Crippen molar-refractivity contribution in [3.8, 4) is 0 Å². The molecule has 65 heavy (non-hydrogen) atoms. The minimum atomic E-state index is -3.63. The first-order valence-corrected chi connectivity index (χ1v) is 22.5. The van der Waals surface area contributed by atoms with Crippen LogP contribution in [0.2, 0.25) is 0 Å². The van der Waals surface area contributed by atoms with E-state index < -0.39 is 40.2 Å². The maximum absolute atomic E-state index is 12.5. The van der Waals surface area contributed by atoms with E-state index in [0.29, 0.717) is 48.7 Å². The van der Waals surface area contributed by atoms with Gasteiger partial charge in [0.05, 0.1) is 45.0 Å². The van der Waals surface area contributed by atoms with E-state index in [1.54, 1.807) is 65.6 Å². The van der Waals surface area contributed by atoms with Gasteiger partial charge >= 0.3 is 18.2 Å². The highest BCUT2D eigenvalue weighted by Crippen LogP contribution is 2.24. The molecule has 22 heteroatoms. The molecule has 2 unspecified atom stereocenters. The number of benzene rings is 2. The highest BCUT2D eigenvalue weighted by molar-refractivity contribution is 7.86. The van der Waals surface area contributed by atoms with E-state index in [0.717, 1.165) is 45.3 Å². The van der Waals surface area contributed by atoms with Crippen molar-refractivity contribution in [2.24, 2.45) is 0 Å². The average molecular weight is 919 g/mol. The van der Waals surface area contributed by atoms with Gasteiger partial charge in [0.25, 0.3) is 21.9 Å². The number of nitrogens with zero attached hydrogens (tertiary/aromatic N) is 4. The van der Waals surface area contributed by atoms with Crippen molar-refractivity contribution in [1.29, 1.82) is 10.8 Å². The first kappa shape index (κ1) is 47.6. The van der Waals surface area contributed by atoms with Gasteiger partial charge in [-0.15, -0.1) is 0 Å². The standard InChI is InChI=1S/C26H33N5O6.C17H17N3O7S/c1-2-3-14-36-23(32)18-30-12-10-29(11-13-30)16-21-17-31(26(34)37-21)20-8-6-19(7-9-20)24(27)28-25(33)22-5-4-15-35-22;1-28(23,24)26-10-13-9-20(17(22)27-13)12-6-4-11(5-7-12)15(18)19-16(21)14-3-2-8-25-14/h4-9,15,21H,2-3,10-14,16-18H2,1H3,(H2,27,28,33);2-8,13H,9-10H2,1H3,(H2,18,19,21). The van der Waals surface area contributed by atoms with Crippen molar-refractivity contribution < 1.29 is 59.6 Å². The van der Waals surface area contributed by atoms with Gasteiger partial charge in [0.15, 0.2) is 11.5 Å². The SMILES string of the molecule is CCCCOC(=O)CN1CCN(CC2CN(c3ccc(C(=N)NC(=O)c4ccco4)cc3)C(=O)O2)CC1.CS(=O)(=O)OCC1CN(c2ccc(C(=N)NC(=O)c3ccco3)cc2)C(=O)O1. The molecule has 3 fully saturated rings. The highest BCUT2D eigenvalue weighted by atomic mass is 32.2. The number of unbranched alkanes of at least 4 members (excludes halogenated alkanes) is 1. The third-order valence-electron chi connectivity index (χ3n) is 10.2. The van der Waals surface area contributed by atoms with Crippen LogP contribution in [-0.2, 0) is 33.3 Å². The minimum Gasteiger partial charge on any atom is -0.465 e. The third kappa shape index (κ3) is 13.8. The van der Waals surface area contributed by atoms with E-state index in [2.05, 4.69) is 31.5 Å². The molecular weight excluding hydrogens is 869 g/mol. The quantitative estimate of drug-likeness (QED) is 0.0312. The van der Waals surface area contributed by atoms with Gasteiger partial charge in [0.2, 0.25) is 0 Å². The second-order valence-corrected chi connectivity index (χ2v) is 16.7. The number of furan rings is 2. The van der Waals surface area contributed by atoms with Crippen LogP contribution in [0.1, 0.15) is 52.0 Å². The Labute approximate surface area is 374 Å². The molecule has 7 rings (SSSR count). The van der Waals surface area contributed by atoms with Crippen LogP contribution in [0.4, 0.5) is 21.0 Å². The molecule has 0 spiro atoms. The minimum absolute atomic E-state index is 0.0665. The monoisotopic (exact) mass is 918 g/mol. The molecule has 0 aliphatic carbocycles. The third-order valence-corrected chi connectivity index (χ3v) is 10.7. The van der Waals surface area contributed by atoms with E-state index in [-0.39, 0.29) is 48.4 Å². The molecule has 21 nitrogen and oxygen atoms in total. The predicted octanol–water partition coefficient (Wildman–Crippen LogP) is 3.66. The van der Waals surface area contributed by atoms with Crippen LogP contribution < -0.4 is 20.4 Å². The van der Waals surface area contributed by atoms with Crippen molar-refractivity contribution in [2.75, 3.05) is 81.6 Å². The van der Waals surface area contributed by atoms with Gasteiger partial charge in [0.1, 0.15) is 30.5 Å². The summed E-state index contributed by atoms with van der Waals surface area (Å²) < 4.78 is 52.7. The molecule has 3 aliphatic heterocycles. The second kappa shape index (κ2) is 22.2. The summed E-state index contributed by atoms with van der Waals surface area (Å²) in [5, 5.41) is 21.0. The van der Waals surface area contributed by atoms with Crippen molar-refractivity contribution in [2.45, 2.75) is 32.0 Å². The average Bonchev–Trinajstić information content (AvgIpc) is 4.13. The van der Waals surface area contributed by atoms with Crippen LogP contribution in [0.15, 0.2) is 94.2 Å². The fraction of sp³-hybridized carbons (Fsp3) is 0.372. The normalized spacial score (nSPS) is 17.7. The number of amidine groups is 2. The van der Waals surface area contributed by atoms with Gasteiger partial charge < -0.3 is 33.7 Å². The van der Waals surface area contributed by atoms with Gasteiger partial charge in [-0.3, -0.25) is 49.0 Å². The molecule has 4 N–H and O–H groups in total. The first-order chi connectivity index (χ1) is 31.1. The molecule has 0 bridgehead atoms.